The SMILES string of the molecule is CC(C)C(O)CC[C@@H](C)[C@H]1CC[C@H]2[C@@H]3[C@H](O)C[C@@H]4CC(=O)CC[C@]4(C)[C@H]3CC[C@]12C. The number of rotatable bonds is 5. The first-order chi connectivity index (χ1) is 14.1. The molecular weight excluding hydrogens is 372 g/mol. The van der Waals surface area contributed by atoms with Crippen LogP contribution in [0, 0.1) is 52.3 Å². The highest BCUT2D eigenvalue weighted by Crippen LogP contribution is 2.68. The molecule has 30 heavy (non-hydrogen) atoms. The molecule has 0 aromatic heterocycles. The zero-order valence-electron chi connectivity index (χ0n) is 20.1. The molecule has 0 bridgehead atoms. The standard InChI is InChI=1S/C27H46O3/c1-16(2)23(29)9-6-17(3)20-7-8-21-25-22(11-13-27(20,21)5)26(4)12-10-19(28)14-18(26)15-24(25)30/h16-18,20-25,29-30H,6-15H2,1-5H3/t17-,18+,20-,21+,22+,23?,24-,25+,26+,27-/m1/s1. The van der Waals surface area contributed by atoms with Gasteiger partial charge < -0.3 is 10.2 Å². The van der Waals surface area contributed by atoms with Crippen molar-refractivity contribution in [1.82, 2.24) is 0 Å². The number of carbonyl (C=O) groups is 1. The summed E-state index contributed by atoms with van der Waals surface area (Å²) in [6.45, 7) is 11.6. The van der Waals surface area contributed by atoms with Crippen molar-refractivity contribution in [2.45, 2.75) is 111 Å². The molecule has 4 aliphatic carbocycles. The van der Waals surface area contributed by atoms with Crippen LogP contribution in [0.5, 0.6) is 0 Å². The summed E-state index contributed by atoms with van der Waals surface area (Å²) >= 11 is 0. The maximum absolute atomic E-state index is 12.1. The Morgan fingerprint density at radius 3 is 2.40 bits per heavy atom. The minimum atomic E-state index is -0.222. The van der Waals surface area contributed by atoms with E-state index in [2.05, 4.69) is 34.6 Å². The van der Waals surface area contributed by atoms with Gasteiger partial charge in [0, 0.05) is 12.8 Å². The summed E-state index contributed by atoms with van der Waals surface area (Å²) in [6.07, 6.45) is 10.0. The molecule has 4 fully saturated rings. The molecule has 0 aromatic carbocycles. The predicted molar refractivity (Wildman–Crippen MR) is 121 cm³/mol. The number of ketones is 1. The number of aliphatic hydroxyl groups excluding tert-OH is 2. The van der Waals surface area contributed by atoms with Crippen molar-refractivity contribution in [2.24, 2.45) is 52.3 Å². The average Bonchev–Trinajstić information content (AvgIpc) is 3.04. The lowest BCUT2D eigenvalue weighted by Crippen LogP contribution is -2.58. The normalized spacial score (nSPS) is 48.1. The zero-order chi connectivity index (χ0) is 21.8. The van der Waals surface area contributed by atoms with Crippen LogP contribution < -0.4 is 0 Å². The van der Waals surface area contributed by atoms with Crippen LogP contribution in [0.25, 0.3) is 0 Å². The van der Waals surface area contributed by atoms with Gasteiger partial charge >= 0.3 is 0 Å². The largest absolute Gasteiger partial charge is 0.393 e. The van der Waals surface area contributed by atoms with E-state index < -0.39 is 0 Å². The molecule has 0 amide bonds. The van der Waals surface area contributed by atoms with Gasteiger partial charge in [-0.3, -0.25) is 4.79 Å². The number of Topliss-reactive ketones (excluding diaryl/α,β-unsaturated/α-hetero) is 1. The molecule has 0 radical (unpaired) electrons. The van der Waals surface area contributed by atoms with Crippen molar-refractivity contribution in [1.29, 1.82) is 0 Å². The molecule has 4 aliphatic rings. The number of carbonyl (C=O) groups excluding carboxylic acids is 1. The lowest BCUT2D eigenvalue weighted by molar-refractivity contribution is -0.169. The van der Waals surface area contributed by atoms with Crippen molar-refractivity contribution in [3.8, 4) is 0 Å². The van der Waals surface area contributed by atoms with E-state index in [-0.39, 0.29) is 17.6 Å². The number of hydrogen-bond donors (Lipinski definition) is 2. The Kier molecular flexibility index (Phi) is 6.21. The third-order valence-electron chi connectivity index (χ3n) is 10.9. The van der Waals surface area contributed by atoms with Gasteiger partial charge in [0.25, 0.3) is 0 Å². The Morgan fingerprint density at radius 2 is 1.70 bits per heavy atom. The molecule has 0 aliphatic heterocycles. The fourth-order valence-corrected chi connectivity index (χ4v) is 8.96. The quantitative estimate of drug-likeness (QED) is 0.609. The zero-order valence-corrected chi connectivity index (χ0v) is 20.1. The van der Waals surface area contributed by atoms with E-state index in [1.165, 1.54) is 25.7 Å². The van der Waals surface area contributed by atoms with Gasteiger partial charge in [-0.15, -0.1) is 0 Å². The second-order valence-electron chi connectivity index (χ2n) is 12.6. The molecule has 172 valence electrons. The minimum Gasteiger partial charge on any atom is -0.393 e. The number of aliphatic hydroxyl groups is 2. The van der Waals surface area contributed by atoms with Crippen LogP contribution in [0.15, 0.2) is 0 Å². The van der Waals surface area contributed by atoms with E-state index in [1.807, 2.05) is 0 Å². The molecule has 1 unspecified atom stereocenters. The van der Waals surface area contributed by atoms with Gasteiger partial charge in [0.1, 0.15) is 5.78 Å². The van der Waals surface area contributed by atoms with Crippen molar-refractivity contribution < 1.29 is 15.0 Å². The molecule has 0 spiro atoms. The van der Waals surface area contributed by atoms with E-state index in [0.29, 0.717) is 59.0 Å². The lowest BCUT2D eigenvalue weighted by atomic mass is 9.44. The van der Waals surface area contributed by atoms with Crippen LogP contribution in [0.3, 0.4) is 0 Å². The van der Waals surface area contributed by atoms with Gasteiger partial charge in [-0.25, -0.2) is 0 Å². The van der Waals surface area contributed by atoms with Crippen molar-refractivity contribution in [3.05, 3.63) is 0 Å². The first-order valence-electron chi connectivity index (χ1n) is 13.0. The van der Waals surface area contributed by atoms with E-state index >= 15 is 0 Å². The molecule has 0 heterocycles. The Morgan fingerprint density at radius 1 is 1.00 bits per heavy atom. The molecule has 2 N–H and O–H groups in total. The fourth-order valence-electron chi connectivity index (χ4n) is 8.96. The molecule has 0 saturated heterocycles. The van der Waals surface area contributed by atoms with Crippen molar-refractivity contribution >= 4 is 5.78 Å². The van der Waals surface area contributed by atoms with Crippen LogP contribution in [0.4, 0.5) is 0 Å². The maximum atomic E-state index is 12.1. The summed E-state index contributed by atoms with van der Waals surface area (Å²) in [7, 11) is 0. The highest BCUT2D eigenvalue weighted by molar-refractivity contribution is 5.79. The van der Waals surface area contributed by atoms with E-state index in [1.54, 1.807) is 0 Å². The molecule has 0 aromatic rings. The smallest absolute Gasteiger partial charge is 0.133 e. The highest BCUT2D eigenvalue weighted by atomic mass is 16.3. The van der Waals surface area contributed by atoms with Gasteiger partial charge in [-0.1, -0.05) is 34.6 Å². The van der Waals surface area contributed by atoms with Crippen LogP contribution in [0.2, 0.25) is 0 Å². The molecular formula is C27H46O3. The summed E-state index contributed by atoms with van der Waals surface area (Å²) in [5.74, 6) is 4.16. The molecule has 3 nitrogen and oxygen atoms in total. The van der Waals surface area contributed by atoms with Gasteiger partial charge in [0.05, 0.1) is 12.2 Å². The first kappa shape index (κ1) is 22.8. The van der Waals surface area contributed by atoms with Crippen LogP contribution in [-0.4, -0.2) is 28.2 Å². The van der Waals surface area contributed by atoms with Crippen LogP contribution in [0.1, 0.15) is 98.8 Å². The summed E-state index contributed by atoms with van der Waals surface area (Å²) < 4.78 is 0. The van der Waals surface area contributed by atoms with Crippen molar-refractivity contribution in [3.63, 3.8) is 0 Å². The lowest BCUT2D eigenvalue weighted by Gasteiger charge is -2.62. The van der Waals surface area contributed by atoms with Gasteiger partial charge in [0.2, 0.25) is 0 Å². The highest BCUT2D eigenvalue weighted by Gasteiger charge is 2.62. The summed E-state index contributed by atoms with van der Waals surface area (Å²) in [5, 5.41) is 21.6. The Balaban J connectivity index is 1.51. The minimum absolute atomic E-state index is 0.181. The molecule has 3 heteroatoms. The predicted octanol–water partition coefficient (Wildman–Crippen LogP) is 5.62. The monoisotopic (exact) mass is 418 g/mol. The topological polar surface area (TPSA) is 57.5 Å². The Labute approximate surface area is 184 Å². The van der Waals surface area contributed by atoms with Gasteiger partial charge in [0.15, 0.2) is 0 Å². The molecule has 4 rings (SSSR count). The fraction of sp³-hybridized carbons (Fsp3) is 0.963. The molecule has 4 saturated carbocycles. The number of fused-ring (bicyclic) bond motifs is 5. The van der Waals surface area contributed by atoms with E-state index in [0.717, 1.165) is 32.1 Å². The number of hydrogen-bond acceptors (Lipinski definition) is 3. The van der Waals surface area contributed by atoms with Gasteiger partial charge in [-0.2, -0.15) is 0 Å². The average molecular weight is 419 g/mol. The summed E-state index contributed by atoms with van der Waals surface area (Å²) in [5.41, 5.74) is 0.586. The first-order valence-corrected chi connectivity index (χ1v) is 13.0. The summed E-state index contributed by atoms with van der Waals surface area (Å²) in [6, 6.07) is 0. The second kappa shape index (κ2) is 8.18. The van der Waals surface area contributed by atoms with Crippen LogP contribution in [-0.2, 0) is 4.79 Å². The Hall–Kier alpha value is -0.410. The van der Waals surface area contributed by atoms with Gasteiger partial charge in [-0.05, 0) is 104 Å². The third kappa shape index (κ3) is 3.60. The summed E-state index contributed by atoms with van der Waals surface area (Å²) in [4.78, 5) is 12.1. The maximum Gasteiger partial charge on any atom is 0.133 e. The Bertz CT molecular complexity index is 644. The van der Waals surface area contributed by atoms with Crippen molar-refractivity contribution in [2.75, 3.05) is 0 Å². The third-order valence-corrected chi connectivity index (χ3v) is 10.9. The van der Waals surface area contributed by atoms with Crippen LogP contribution >= 0.6 is 0 Å². The second-order valence-corrected chi connectivity index (χ2v) is 12.6. The molecule has 10 atom stereocenters. The van der Waals surface area contributed by atoms with E-state index in [4.69, 9.17) is 0 Å². The van der Waals surface area contributed by atoms with E-state index in [9.17, 15) is 15.0 Å².